The number of aliphatic carboxylic acids is 2. The Kier molecular flexibility index (Phi) is 6.77. The summed E-state index contributed by atoms with van der Waals surface area (Å²) in [5, 5.41) is 18.1. The first kappa shape index (κ1) is 21.4. The third-order valence-electron chi connectivity index (χ3n) is 5.38. The zero-order chi connectivity index (χ0) is 20.9. The van der Waals surface area contributed by atoms with Gasteiger partial charge in [-0.3, -0.25) is 19.2 Å². The van der Waals surface area contributed by atoms with E-state index >= 15 is 0 Å². The number of Topliss-reactive ketones (excluding diaryl/α,β-unsaturated/α-hetero) is 2. The number of fused-ring (bicyclic) bond motifs is 1. The van der Waals surface area contributed by atoms with E-state index in [2.05, 4.69) is 0 Å². The van der Waals surface area contributed by atoms with Crippen LogP contribution in [0.1, 0.15) is 57.4 Å². The maximum Gasteiger partial charge on any atom is 0.310 e. The van der Waals surface area contributed by atoms with Crippen molar-refractivity contribution in [1.82, 2.24) is 0 Å². The number of ketones is 2. The van der Waals surface area contributed by atoms with Crippen LogP contribution >= 0.6 is 0 Å². The Hall–Kier alpha value is -2.90. The SMILES string of the molecule is CCC(CC)(C(=O)CC(=O)O)C(CC(=O)CC(=O)O)c1ccc2c(c1)OCO2. The van der Waals surface area contributed by atoms with Gasteiger partial charge in [-0.2, -0.15) is 0 Å². The van der Waals surface area contributed by atoms with Gasteiger partial charge in [-0.15, -0.1) is 0 Å². The molecule has 1 aliphatic heterocycles. The van der Waals surface area contributed by atoms with Crippen LogP contribution in [-0.2, 0) is 19.2 Å². The Morgan fingerprint density at radius 3 is 2.18 bits per heavy atom. The monoisotopic (exact) mass is 392 g/mol. The second kappa shape index (κ2) is 8.86. The van der Waals surface area contributed by atoms with Crippen molar-refractivity contribution >= 4 is 23.5 Å². The third-order valence-corrected chi connectivity index (χ3v) is 5.38. The molecular weight excluding hydrogens is 368 g/mol. The number of carboxylic acids is 2. The molecule has 152 valence electrons. The van der Waals surface area contributed by atoms with Crippen LogP contribution in [-0.4, -0.2) is 40.5 Å². The third kappa shape index (κ3) is 4.49. The standard InChI is InChI=1S/C20H24O8/c1-3-20(4-2,17(22)10-19(25)26)14(8-13(21)9-18(23)24)12-5-6-15-16(7-12)28-11-27-15/h5-7,14H,3-4,8-11H2,1-2H3,(H,23,24)(H,25,26). The Bertz CT molecular complexity index is 778. The number of ether oxygens (including phenoxy) is 2. The second-order valence-electron chi connectivity index (χ2n) is 6.84. The quantitative estimate of drug-likeness (QED) is 0.550. The molecule has 1 aliphatic rings. The highest BCUT2D eigenvalue weighted by Gasteiger charge is 2.44. The molecule has 0 amide bonds. The second-order valence-corrected chi connectivity index (χ2v) is 6.84. The zero-order valence-corrected chi connectivity index (χ0v) is 15.9. The summed E-state index contributed by atoms with van der Waals surface area (Å²) in [7, 11) is 0. The predicted octanol–water partition coefficient (Wildman–Crippen LogP) is 2.78. The molecule has 1 unspecified atom stereocenters. The van der Waals surface area contributed by atoms with E-state index in [1.807, 2.05) is 0 Å². The van der Waals surface area contributed by atoms with Crippen molar-refractivity contribution in [3.05, 3.63) is 23.8 Å². The minimum atomic E-state index is -1.25. The highest BCUT2D eigenvalue weighted by molar-refractivity contribution is 6.00. The van der Waals surface area contributed by atoms with Crippen molar-refractivity contribution in [3.8, 4) is 11.5 Å². The number of carboxylic acid groups (broad SMARTS) is 2. The number of hydrogen-bond donors (Lipinski definition) is 2. The highest BCUT2D eigenvalue weighted by atomic mass is 16.7. The molecule has 1 aromatic rings. The van der Waals surface area contributed by atoms with Crippen LogP contribution < -0.4 is 9.47 Å². The molecule has 0 radical (unpaired) electrons. The van der Waals surface area contributed by atoms with E-state index in [-0.39, 0.29) is 13.2 Å². The lowest BCUT2D eigenvalue weighted by Crippen LogP contribution is -2.39. The smallest absolute Gasteiger partial charge is 0.310 e. The van der Waals surface area contributed by atoms with Gasteiger partial charge in [-0.25, -0.2) is 0 Å². The minimum absolute atomic E-state index is 0.0615. The molecule has 8 heteroatoms. The number of benzene rings is 1. The fourth-order valence-electron chi connectivity index (χ4n) is 3.88. The van der Waals surface area contributed by atoms with Crippen molar-refractivity contribution in [2.24, 2.45) is 5.41 Å². The summed E-state index contributed by atoms with van der Waals surface area (Å²) in [6.07, 6.45) is -0.864. The van der Waals surface area contributed by atoms with E-state index in [1.165, 1.54) is 0 Å². The van der Waals surface area contributed by atoms with E-state index in [0.717, 1.165) is 0 Å². The largest absolute Gasteiger partial charge is 0.481 e. The zero-order valence-electron chi connectivity index (χ0n) is 15.9. The van der Waals surface area contributed by atoms with Crippen molar-refractivity contribution in [1.29, 1.82) is 0 Å². The lowest BCUT2D eigenvalue weighted by Gasteiger charge is -2.38. The van der Waals surface area contributed by atoms with Gasteiger partial charge in [0, 0.05) is 17.8 Å². The molecule has 0 fully saturated rings. The van der Waals surface area contributed by atoms with Gasteiger partial charge in [0.05, 0.1) is 0 Å². The molecule has 0 aromatic heterocycles. The Balaban J connectivity index is 2.51. The van der Waals surface area contributed by atoms with Gasteiger partial charge in [-0.1, -0.05) is 19.9 Å². The number of carbonyl (C=O) groups is 4. The van der Waals surface area contributed by atoms with Crippen LogP contribution in [0.15, 0.2) is 18.2 Å². The van der Waals surface area contributed by atoms with Crippen LogP contribution in [0.3, 0.4) is 0 Å². The van der Waals surface area contributed by atoms with Gasteiger partial charge in [0.2, 0.25) is 6.79 Å². The van der Waals surface area contributed by atoms with E-state index in [9.17, 15) is 19.2 Å². The molecule has 2 N–H and O–H groups in total. The summed E-state index contributed by atoms with van der Waals surface area (Å²) in [6, 6.07) is 5.06. The summed E-state index contributed by atoms with van der Waals surface area (Å²) < 4.78 is 10.7. The van der Waals surface area contributed by atoms with E-state index in [0.29, 0.717) is 29.9 Å². The molecule has 28 heavy (non-hydrogen) atoms. The Morgan fingerprint density at radius 2 is 1.61 bits per heavy atom. The molecule has 0 aliphatic carbocycles. The van der Waals surface area contributed by atoms with Crippen LogP contribution in [0.2, 0.25) is 0 Å². The van der Waals surface area contributed by atoms with Gasteiger partial charge < -0.3 is 19.7 Å². The van der Waals surface area contributed by atoms with E-state index < -0.39 is 47.7 Å². The van der Waals surface area contributed by atoms with Crippen molar-refractivity contribution in [3.63, 3.8) is 0 Å². The summed E-state index contributed by atoms with van der Waals surface area (Å²) in [6.45, 7) is 3.60. The van der Waals surface area contributed by atoms with Gasteiger partial charge in [0.15, 0.2) is 17.3 Å². The Labute approximate surface area is 162 Å². The molecule has 2 rings (SSSR count). The number of rotatable bonds is 11. The molecule has 1 heterocycles. The van der Waals surface area contributed by atoms with Crippen LogP contribution in [0, 0.1) is 5.41 Å². The lowest BCUT2D eigenvalue weighted by molar-refractivity contribution is -0.144. The van der Waals surface area contributed by atoms with Gasteiger partial charge in [0.25, 0.3) is 0 Å². The normalized spacial score (nSPS) is 13.8. The average molecular weight is 392 g/mol. The highest BCUT2D eigenvalue weighted by Crippen LogP contribution is 2.48. The topological polar surface area (TPSA) is 127 Å². The van der Waals surface area contributed by atoms with Crippen LogP contribution in [0.4, 0.5) is 0 Å². The van der Waals surface area contributed by atoms with Gasteiger partial charge in [-0.05, 0) is 30.5 Å². The van der Waals surface area contributed by atoms with Crippen LogP contribution in [0.25, 0.3) is 0 Å². The van der Waals surface area contributed by atoms with Gasteiger partial charge in [0.1, 0.15) is 18.6 Å². The molecule has 8 nitrogen and oxygen atoms in total. The molecular formula is C20H24O8. The summed E-state index contributed by atoms with van der Waals surface area (Å²) >= 11 is 0. The summed E-state index contributed by atoms with van der Waals surface area (Å²) in [5.74, 6) is -3.15. The average Bonchev–Trinajstić information content (AvgIpc) is 3.08. The van der Waals surface area contributed by atoms with Crippen molar-refractivity contribution in [2.45, 2.75) is 51.9 Å². The Morgan fingerprint density at radius 1 is 1.00 bits per heavy atom. The fraction of sp³-hybridized carbons (Fsp3) is 0.500. The first-order chi connectivity index (χ1) is 13.2. The minimum Gasteiger partial charge on any atom is -0.481 e. The first-order valence-corrected chi connectivity index (χ1v) is 9.11. The maximum absolute atomic E-state index is 12.9. The molecule has 1 aromatic carbocycles. The van der Waals surface area contributed by atoms with Crippen molar-refractivity contribution < 1.29 is 38.9 Å². The number of hydrogen-bond acceptors (Lipinski definition) is 6. The molecule has 1 atom stereocenters. The summed E-state index contributed by atoms with van der Waals surface area (Å²) in [4.78, 5) is 47.4. The molecule has 0 spiro atoms. The maximum atomic E-state index is 12.9. The molecule has 0 saturated carbocycles. The summed E-state index contributed by atoms with van der Waals surface area (Å²) in [5.41, 5.74) is -0.495. The predicted molar refractivity (Wildman–Crippen MR) is 97.5 cm³/mol. The fourth-order valence-corrected chi connectivity index (χ4v) is 3.88. The van der Waals surface area contributed by atoms with Crippen molar-refractivity contribution in [2.75, 3.05) is 6.79 Å². The molecule has 0 bridgehead atoms. The molecule has 0 saturated heterocycles. The van der Waals surface area contributed by atoms with Gasteiger partial charge >= 0.3 is 11.9 Å². The van der Waals surface area contributed by atoms with Crippen LogP contribution in [0.5, 0.6) is 11.5 Å². The lowest BCUT2D eigenvalue weighted by atomic mass is 9.63. The number of carbonyl (C=O) groups excluding carboxylic acids is 2. The van der Waals surface area contributed by atoms with E-state index in [4.69, 9.17) is 19.7 Å². The van der Waals surface area contributed by atoms with E-state index in [1.54, 1.807) is 32.0 Å². The first-order valence-electron chi connectivity index (χ1n) is 9.11.